The van der Waals surface area contributed by atoms with Gasteiger partial charge in [0.15, 0.2) is 0 Å². The van der Waals surface area contributed by atoms with Gasteiger partial charge in [0.05, 0.1) is 42.9 Å². The Hall–Kier alpha value is -8.67. The predicted molar refractivity (Wildman–Crippen MR) is 354 cm³/mol. The molecule has 10 heteroatoms. The smallest absolute Gasteiger partial charge is 0.235 e. The maximum Gasteiger partial charge on any atom is 0.235 e. The molecular weight excluding hydrogens is 1090 g/mol. The molecule has 7 heterocycles. The average molecular weight is 1130 g/mol. The van der Waals surface area contributed by atoms with E-state index in [1.54, 1.807) is 11.1 Å². The second kappa shape index (κ2) is 20.5. The van der Waals surface area contributed by atoms with Gasteiger partial charge in [0, 0.05) is 67.6 Å². The summed E-state index contributed by atoms with van der Waals surface area (Å²) in [7, 11) is 0. The van der Waals surface area contributed by atoms with Gasteiger partial charge in [0.1, 0.15) is 0 Å². The van der Waals surface area contributed by atoms with E-state index in [0.29, 0.717) is 5.95 Å². The second-order valence-corrected chi connectivity index (χ2v) is 24.3. The normalized spacial score (nSPS) is 11.8. The Kier molecular flexibility index (Phi) is 12.8. The fourth-order valence-corrected chi connectivity index (χ4v) is 16.9. The molecule has 0 fully saturated rings. The van der Waals surface area contributed by atoms with Gasteiger partial charge in [-0.2, -0.15) is 0 Å². The Morgan fingerprint density at radius 1 is 0.346 bits per heavy atom. The molecule has 10 aromatic carbocycles. The summed E-state index contributed by atoms with van der Waals surface area (Å²) in [5.41, 5.74) is 11.3. The minimum absolute atomic E-state index is 0. The van der Waals surface area contributed by atoms with Crippen molar-refractivity contribution in [3.8, 4) is 38.2 Å². The van der Waals surface area contributed by atoms with Gasteiger partial charge in [0.25, 0.3) is 0 Å². The van der Waals surface area contributed by atoms with Crippen LogP contribution in [0.5, 0.6) is 0 Å². The maximum atomic E-state index is 6.07. The lowest BCUT2D eigenvalue weighted by atomic mass is 10.0. The van der Waals surface area contributed by atoms with Crippen molar-refractivity contribution >= 4 is 161 Å². The maximum absolute atomic E-state index is 6.07. The van der Waals surface area contributed by atoms with E-state index in [9.17, 15) is 0 Å². The van der Waals surface area contributed by atoms with Crippen LogP contribution in [0.4, 0.5) is 0 Å². The number of nitrogens with zero attached hydrogens (tertiary/aromatic N) is 5. The lowest BCUT2D eigenvalue weighted by molar-refractivity contribution is 1.02. The molecule has 0 atom stereocenters. The first-order chi connectivity index (χ1) is 39.1. The summed E-state index contributed by atoms with van der Waals surface area (Å²) in [5, 5.41) is 12.6. The van der Waals surface area contributed by atoms with Crippen LogP contribution in [0.1, 0.15) is 26.0 Å². The van der Waals surface area contributed by atoms with Gasteiger partial charge in [-0.05, 0) is 104 Å². The van der Waals surface area contributed by atoms with Crippen LogP contribution in [-0.2, 0) is 6.42 Å². The number of halogens is 1. The van der Waals surface area contributed by atoms with Gasteiger partial charge in [-0.1, -0.05) is 197 Å². The van der Waals surface area contributed by atoms with Crippen LogP contribution < -0.4 is 0 Å². The highest BCUT2D eigenvalue weighted by Crippen LogP contribution is 2.53. The van der Waals surface area contributed by atoms with E-state index in [1.165, 1.54) is 92.1 Å². The third-order valence-corrected chi connectivity index (χ3v) is 20.4. The summed E-state index contributed by atoms with van der Waals surface area (Å²) in [6.45, 7) is 0. The van der Waals surface area contributed by atoms with Crippen molar-refractivity contribution in [3.63, 3.8) is 0 Å². The van der Waals surface area contributed by atoms with Crippen molar-refractivity contribution in [2.75, 3.05) is 0 Å². The van der Waals surface area contributed by atoms with E-state index in [1.807, 2.05) is 81.7 Å². The molecule has 7 aromatic heterocycles. The first-order valence-electron chi connectivity index (χ1n) is 26.1. The largest absolute Gasteiger partial charge is 0.275 e. The fraction of sp³-hybridized carbons (Fsp3) is 0.0423. The molecule has 0 aliphatic heterocycles. The molecule has 388 valence electrons. The van der Waals surface area contributed by atoms with Crippen molar-refractivity contribution in [2.24, 2.45) is 0 Å². The van der Waals surface area contributed by atoms with Crippen LogP contribution >= 0.6 is 56.9 Å². The van der Waals surface area contributed by atoms with Crippen LogP contribution in [0.25, 0.3) is 142 Å². The molecule has 0 spiro atoms. The number of fused-ring (bicyclic) bond motifs is 18. The topological polar surface area (TPSA) is 56.5 Å². The van der Waals surface area contributed by atoms with Crippen LogP contribution in [0.2, 0.25) is 5.28 Å². The van der Waals surface area contributed by atoms with E-state index in [4.69, 9.17) is 21.6 Å². The Balaban J connectivity index is 0.000000118. The van der Waals surface area contributed by atoms with Gasteiger partial charge in [-0.15, -0.1) is 45.3 Å². The monoisotopic (exact) mass is 1130 g/mol. The van der Waals surface area contributed by atoms with Crippen LogP contribution in [0.15, 0.2) is 231 Å². The minimum atomic E-state index is 0. The van der Waals surface area contributed by atoms with E-state index in [-0.39, 0.29) is 20.1 Å². The predicted octanol–water partition coefficient (Wildman–Crippen LogP) is 22.0. The summed E-state index contributed by atoms with van der Waals surface area (Å²) >= 11 is 13.7. The molecule has 81 heavy (non-hydrogen) atoms. The molecule has 0 unspecified atom stereocenters. The molecule has 0 saturated heterocycles. The Bertz CT molecular complexity index is 5130. The lowest BCUT2D eigenvalue weighted by Gasteiger charge is -2.12. The van der Waals surface area contributed by atoms with Crippen molar-refractivity contribution in [3.05, 3.63) is 247 Å². The summed E-state index contributed by atoms with van der Waals surface area (Å²) < 4.78 is 10.3. The van der Waals surface area contributed by atoms with Crippen LogP contribution in [-0.4, -0.2) is 24.5 Å². The highest BCUT2D eigenvalue weighted by atomic mass is 35.5. The molecule has 0 radical (unpaired) electrons. The van der Waals surface area contributed by atoms with Crippen molar-refractivity contribution in [2.45, 2.75) is 21.3 Å². The zero-order valence-corrected chi connectivity index (χ0v) is 45.9. The molecule has 0 bridgehead atoms. The number of benzene rings is 10. The summed E-state index contributed by atoms with van der Waals surface area (Å²) in [6.07, 6.45) is 1.11. The zero-order chi connectivity index (χ0) is 52.1. The Labute approximate surface area is 488 Å². The van der Waals surface area contributed by atoms with E-state index in [0.717, 1.165) is 50.7 Å². The average Bonchev–Trinajstić information content (AvgIpc) is 4.47. The van der Waals surface area contributed by atoms with Crippen LogP contribution in [0.3, 0.4) is 0 Å². The third kappa shape index (κ3) is 8.46. The highest BCUT2D eigenvalue weighted by Gasteiger charge is 2.28. The number of thiophene rings is 4. The molecule has 1 aliphatic rings. The first kappa shape index (κ1) is 50.5. The van der Waals surface area contributed by atoms with Gasteiger partial charge in [-0.3, -0.25) is 4.57 Å². The van der Waals surface area contributed by atoms with Crippen molar-refractivity contribution in [1.29, 1.82) is 0 Å². The standard InChI is InChI=1S/C34H19N3S2.C18H11ClN2.C17H10S2.2CH4/c1-2-10-21-19-22(18-17-20(21)9-1)29-23-11-3-6-14-26(23)35-34(36-29)37-30-24-12-4-7-15-27(24)38-32(30)33-31(37)25-13-5-8-16-28(25)39-33;19-18-20-16-8-4-3-7-15(16)17(21-18)14-10-9-12-5-1-2-6-13(12)11-14;1-3-7-14-10(5-1)12-9-13-11-6-2-4-8-15(11)19-17(13)16(12)18-14;;/h1-19H;1-11H;1-8H,9H2;2*1H4. The SMILES string of the molecule is C.C.Clc1nc(-c2ccc3ccccc3c2)c2ccccc2n1.c1ccc2c3c(sc2c1)-c1sc2ccccc2c1C3.c1ccc2cc(-c3nc(-n4c5c6ccccc6sc5c5sc6ccccc6c54)nc4ccccc34)ccc2c1. The molecule has 17 aromatic rings. The highest BCUT2D eigenvalue weighted by molar-refractivity contribution is 7.33. The Morgan fingerprint density at radius 2 is 0.728 bits per heavy atom. The quantitative estimate of drug-likeness (QED) is 0.165. The van der Waals surface area contributed by atoms with Gasteiger partial charge in [0.2, 0.25) is 11.2 Å². The first-order valence-corrected chi connectivity index (χ1v) is 29.7. The number of aromatic nitrogens is 5. The van der Waals surface area contributed by atoms with Crippen molar-refractivity contribution in [1.82, 2.24) is 24.5 Å². The van der Waals surface area contributed by atoms with Gasteiger partial charge < -0.3 is 0 Å². The lowest BCUT2D eigenvalue weighted by Crippen LogP contribution is -2.03. The molecule has 5 nitrogen and oxygen atoms in total. The molecule has 0 N–H and O–H groups in total. The van der Waals surface area contributed by atoms with Crippen LogP contribution in [0, 0.1) is 0 Å². The van der Waals surface area contributed by atoms with E-state index in [2.05, 4.69) is 209 Å². The molecule has 18 rings (SSSR count). The summed E-state index contributed by atoms with van der Waals surface area (Å²) in [6, 6.07) is 80.9. The molecular formula is C71H48ClN5S4. The van der Waals surface area contributed by atoms with Gasteiger partial charge in [-0.25, -0.2) is 19.9 Å². The van der Waals surface area contributed by atoms with E-state index >= 15 is 0 Å². The number of rotatable bonds is 3. The third-order valence-electron chi connectivity index (χ3n) is 15.2. The summed E-state index contributed by atoms with van der Waals surface area (Å²) in [4.78, 5) is 22.3. The Morgan fingerprint density at radius 3 is 1.22 bits per heavy atom. The number of para-hydroxylation sites is 2. The molecule has 0 amide bonds. The number of hydrogen-bond donors (Lipinski definition) is 0. The fourth-order valence-electron chi connectivity index (χ4n) is 11.5. The second-order valence-electron chi connectivity index (χ2n) is 19.7. The van der Waals surface area contributed by atoms with Crippen molar-refractivity contribution < 1.29 is 0 Å². The minimum Gasteiger partial charge on any atom is -0.275 e. The number of hydrogen-bond acceptors (Lipinski definition) is 8. The molecule has 1 aliphatic carbocycles. The van der Waals surface area contributed by atoms with E-state index < -0.39 is 0 Å². The van der Waals surface area contributed by atoms with Gasteiger partial charge >= 0.3 is 0 Å². The molecule has 0 saturated carbocycles. The zero-order valence-electron chi connectivity index (χ0n) is 41.9. The summed E-state index contributed by atoms with van der Waals surface area (Å²) in [5.74, 6) is 0.712.